The summed E-state index contributed by atoms with van der Waals surface area (Å²) in [7, 11) is -5.34. The second kappa shape index (κ2) is 4.82. The number of halogens is 3. The molecular weight excluding hydrogens is 215 g/mol. The molecule has 9 heteroatoms. The minimum absolute atomic E-state index is 0.833. The third-order valence-corrected chi connectivity index (χ3v) is 1.14. The van der Waals surface area contributed by atoms with Crippen LogP contribution in [0, 0.1) is 0 Å². The minimum Gasteiger partial charge on any atom is -0.478 e. The van der Waals surface area contributed by atoms with E-state index in [1.807, 2.05) is 0 Å². The maximum atomic E-state index is 10.8. The molecule has 0 atom stereocenters. The molecule has 0 bridgehead atoms. The van der Waals surface area contributed by atoms with E-state index in [9.17, 15) is 26.4 Å². The van der Waals surface area contributed by atoms with Crippen molar-refractivity contribution in [3.63, 3.8) is 0 Å². The van der Waals surface area contributed by atoms with Crippen molar-refractivity contribution in [2.45, 2.75) is 5.51 Å². The number of hydrogen-bond donors (Lipinski definition) is 2. The summed E-state index contributed by atoms with van der Waals surface area (Å²) in [5.41, 5.74) is -5.31. The van der Waals surface area contributed by atoms with E-state index in [0.29, 0.717) is 0 Å². The molecule has 0 heterocycles. The molecule has 0 aromatic carbocycles. The summed E-state index contributed by atoms with van der Waals surface area (Å²) in [4.78, 5) is 9.25. The number of rotatable bonds is 1. The van der Waals surface area contributed by atoms with Gasteiger partial charge in [0.05, 0.1) is 0 Å². The zero-order chi connectivity index (χ0) is 11.3. The van der Waals surface area contributed by atoms with Crippen LogP contribution in [0.3, 0.4) is 0 Å². The molecule has 0 aliphatic carbocycles. The van der Waals surface area contributed by atoms with E-state index >= 15 is 0 Å². The SMILES string of the molecule is C=CC(=O)O.NS(=O)(=O)C(F)(F)F. The van der Waals surface area contributed by atoms with Crippen molar-refractivity contribution in [2.24, 2.45) is 5.14 Å². The smallest absolute Gasteiger partial charge is 0.478 e. The first-order valence-electron chi connectivity index (χ1n) is 2.46. The quantitative estimate of drug-likeness (QED) is 0.611. The van der Waals surface area contributed by atoms with Gasteiger partial charge in [-0.3, -0.25) is 0 Å². The molecular formula is C4H6F3NO4S. The summed E-state index contributed by atoms with van der Waals surface area (Å²) in [5.74, 6) is -0.981. The maximum absolute atomic E-state index is 10.8. The number of alkyl halides is 3. The van der Waals surface area contributed by atoms with E-state index < -0.39 is 21.5 Å². The van der Waals surface area contributed by atoms with Gasteiger partial charge in [-0.25, -0.2) is 18.4 Å². The van der Waals surface area contributed by atoms with Crippen molar-refractivity contribution in [2.75, 3.05) is 0 Å². The van der Waals surface area contributed by atoms with Crippen LogP contribution in [-0.4, -0.2) is 25.0 Å². The molecule has 13 heavy (non-hydrogen) atoms. The van der Waals surface area contributed by atoms with Crippen LogP contribution in [0.1, 0.15) is 0 Å². The van der Waals surface area contributed by atoms with Crippen LogP contribution < -0.4 is 5.14 Å². The van der Waals surface area contributed by atoms with E-state index in [1.165, 1.54) is 0 Å². The number of primary sulfonamides is 1. The second-order valence-electron chi connectivity index (χ2n) is 1.53. The van der Waals surface area contributed by atoms with Crippen molar-refractivity contribution in [1.29, 1.82) is 0 Å². The van der Waals surface area contributed by atoms with E-state index in [-0.39, 0.29) is 0 Å². The highest BCUT2D eigenvalue weighted by Gasteiger charge is 2.42. The Hall–Kier alpha value is -1.09. The van der Waals surface area contributed by atoms with Gasteiger partial charge >= 0.3 is 21.5 Å². The summed E-state index contributed by atoms with van der Waals surface area (Å²) in [6, 6.07) is 0. The molecule has 0 saturated heterocycles. The molecule has 0 amide bonds. The lowest BCUT2D eigenvalue weighted by Gasteiger charge is -1.98. The molecule has 0 aliphatic rings. The van der Waals surface area contributed by atoms with Gasteiger partial charge in [0, 0.05) is 6.08 Å². The standard InChI is InChI=1S/C3H4O2.CH2F3NO2S/c1-2-3(4)5;2-1(3,4)8(5,6)7/h2H,1H2,(H,4,5);(H2,5,6,7). The Labute approximate surface area is 71.7 Å². The molecule has 0 radical (unpaired) electrons. The van der Waals surface area contributed by atoms with E-state index in [4.69, 9.17) is 5.11 Å². The number of aliphatic carboxylic acids is 1. The Kier molecular flexibility index (Phi) is 5.35. The number of sulfonamides is 1. The third-order valence-electron chi connectivity index (χ3n) is 0.497. The van der Waals surface area contributed by atoms with Crippen LogP contribution >= 0.6 is 0 Å². The van der Waals surface area contributed by atoms with E-state index in [2.05, 4.69) is 11.7 Å². The van der Waals surface area contributed by atoms with Gasteiger partial charge in [0.2, 0.25) is 0 Å². The highest BCUT2D eigenvalue weighted by atomic mass is 32.2. The van der Waals surface area contributed by atoms with Crippen LogP contribution in [0.2, 0.25) is 0 Å². The fourth-order valence-electron chi connectivity index (χ4n) is 0. The third kappa shape index (κ3) is 8.82. The van der Waals surface area contributed by atoms with Crippen LogP contribution in [0.4, 0.5) is 13.2 Å². The number of carboxylic acid groups (broad SMARTS) is 1. The molecule has 0 aromatic rings. The van der Waals surface area contributed by atoms with E-state index in [0.717, 1.165) is 6.08 Å². The average molecular weight is 221 g/mol. The predicted octanol–water partition coefficient (Wildman–Crippen LogP) is 0.0517. The van der Waals surface area contributed by atoms with E-state index in [1.54, 1.807) is 0 Å². The Morgan fingerprint density at radius 1 is 1.46 bits per heavy atom. The zero-order valence-electron chi connectivity index (χ0n) is 6.08. The maximum Gasteiger partial charge on any atom is 0.511 e. The van der Waals surface area contributed by atoms with Gasteiger partial charge in [0.15, 0.2) is 0 Å². The summed E-state index contributed by atoms with van der Waals surface area (Å²) >= 11 is 0. The van der Waals surface area contributed by atoms with Gasteiger partial charge in [0.25, 0.3) is 0 Å². The topological polar surface area (TPSA) is 97.5 Å². The van der Waals surface area contributed by atoms with Crippen LogP contribution in [-0.2, 0) is 14.8 Å². The monoisotopic (exact) mass is 221 g/mol. The van der Waals surface area contributed by atoms with Crippen molar-refractivity contribution in [3.05, 3.63) is 12.7 Å². The molecule has 5 nitrogen and oxygen atoms in total. The zero-order valence-corrected chi connectivity index (χ0v) is 6.89. The number of nitrogens with two attached hydrogens (primary N) is 1. The van der Waals surface area contributed by atoms with Crippen molar-refractivity contribution < 1.29 is 31.5 Å². The second-order valence-corrected chi connectivity index (χ2v) is 3.09. The Balaban J connectivity index is 0. The highest BCUT2D eigenvalue weighted by molar-refractivity contribution is 7.90. The molecule has 0 fully saturated rings. The Bertz CT molecular complexity index is 280. The molecule has 0 unspecified atom stereocenters. The molecule has 3 N–H and O–H groups in total. The largest absolute Gasteiger partial charge is 0.511 e. The lowest BCUT2D eigenvalue weighted by atomic mass is 10.7. The van der Waals surface area contributed by atoms with Crippen molar-refractivity contribution in [1.82, 2.24) is 0 Å². The molecule has 0 rings (SSSR count). The first-order valence-corrected chi connectivity index (χ1v) is 4.01. The van der Waals surface area contributed by atoms with Crippen molar-refractivity contribution >= 4 is 16.0 Å². The first kappa shape index (κ1) is 14.4. The summed E-state index contributed by atoms with van der Waals surface area (Å²) in [5, 5.41) is 11.3. The van der Waals surface area contributed by atoms with Gasteiger partial charge in [-0.1, -0.05) is 6.58 Å². The first-order chi connectivity index (χ1) is 5.52. The van der Waals surface area contributed by atoms with Crippen molar-refractivity contribution in [3.8, 4) is 0 Å². The Morgan fingerprint density at radius 2 is 1.62 bits per heavy atom. The lowest BCUT2D eigenvalue weighted by Crippen LogP contribution is -2.30. The van der Waals surface area contributed by atoms with Crippen LogP contribution in [0.5, 0.6) is 0 Å². The fraction of sp³-hybridized carbons (Fsp3) is 0.250. The van der Waals surface area contributed by atoms with Crippen LogP contribution in [0.15, 0.2) is 12.7 Å². The van der Waals surface area contributed by atoms with Gasteiger partial charge in [0.1, 0.15) is 0 Å². The predicted molar refractivity (Wildman–Crippen MR) is 37.0 cm³/mol. The Morgan fingerprint density at radius 3 is 1.62 bits per heavy atom. The molecule has 0 aromatic heterocycles. The van der Waals surface area contributed by atoms with Gasteiger partial charge in [-0.2, -0.15) is 13.2 Å². The number of carbonyl (C=O) groups is 1. The normalized spacial score (nSPS) is 11.1. The fourth-order valence-corrected chi connectivity index (χ4v) is 0. The summed E-state index contributed by atoms with van der Waals surface area (Å²) in [6.45, 7) is 2.96. The van der Waals surface area contributed by atoms with Gasteiger partial charge < -0.3 is 5.11 Å². The van der Waals surface area contributed by atoms with Gasteiger partial charge in [-0.05, 0) is 0 Å². The highest BCUT2D eigenvalue weighted by Crippen LogP contribution is 2.18. The average Bonchev–Trinajstić information content (AvgIpc) is 1.84. The summed E-state index contributed by atoms with van der Waals surface area (Å²) in [6.07, 6.45) is 0.833. The lowest BCUT2D eigenvalue weighted by molar-refractivity contribution is -0.131. The number of hydrogen-bond acceptors (Lipinski definition) is 3. The van der Waals surface area contributed by atoms with Crippen LogP contribution in [0.25, 0.3) is 0 Å². The molecule has 0 spiro atoms. The minimum atomic E-state index is -5.34. The number of carboxylic acids is 1. The molecule has 0 aliphatic heterocycles. The molecule has 0 saturated carbocycles. The molecule has 78 valence electrons. The van der Waals surface area contributed by atoms with Gasteiger partial charge in [-0.15, -0.1) is 0 Å². The summed E-state index contributed by atoms with van der Waals surface area (Å²) < 4.78 is 51.2.